The normalized spacial score (nSPS) is 16.0. The molecule has 1 saturated heterocycles. The molecule has 28 heavy (non-hydrogen) atoms. The first-order chi connectivity index (χ1) is 13.1. The fourth-order valence-electron chi connectivity index (χ4n) is 3.52. The van der Waals surface area contributed by atoms with Crippen LogP contribution in [-0.2, 0) is 10.2 Å². The zero-order valence-electron chi connectivity index (χ0n) is 17.6. The van der Waals surface area contributed by atoms with Crippen LogP contribution >= 0.6 is 24.0 Å². The average molecular weight is 501 g/mol. The van der Waals surface area contributed by atoms with E-state index in [1.165, 1.54) is 5.56 Å². The number of nitrogens with one attached hydrogen (secondary N) is 1. The molecule has 0 bridgehead atoms. The molecule has 1 aromatic carbocycles. The second-order valence-corrected chi connectivity index (χ2v) is 7.14. The molecule has 0 unspecified atom stereocenters. The lowest BCUT2D eigenvalue weighted by Crippen LogP contribution is -2.42. The zero-order valence-corrected chi connectivity index (χ0v) is 19.9. The quantitative estimate of drug-likeness (QED) is 0.181. The molecule has 2 rings (SSSR count). The molecule has 1 fully saturated rings. The van der Waals surface area contributed by atoms with Gasteiger partial charge in [-0.05, 0) is 50.3 Å². The molecule has 1 aliphatic rings. The summed E-state index contributed by atoms with van der Waals surface area (Å²) >= 11 is 0. The molecule has 0 atom stereocenters. The minimum absolute atomic E-state index is 0. The van der Waals surface area contributed by atoms with Gasteiger partial charge in [0.05, 0.1) is 13.7 Å². The van der Waals surface area contributed by atoms with Crippen LogP contribution in [0.2, 0.25) is 0 Å². The Morgan fingerprint density at radius 1 is 1.32 bits per heavy atom. The van der Waals surface area contributed by atoms with Gasteiger partial charge in [-0.3, -0.25) is 4.99 Å². The molecule has 0 amide bonds. The summed E-state index contributed by atoms with van der Waals surface area (Å²) in [5.74, 6) is 1.86. The molecule has 1 N–H and O–H groups in total. The van der Waals surface area contributed by atoms with Crippen molar-refractivity contribution in [2.45, 2.75) is 38.0 Å². The minimum Gasteiger partial charge on any atom is -0.497 e. The Kier molecular flexibility index (Phi) is 11.5. The molecule has 5 nitrogen and oxygen atoms in total. The van der Waals surface area contributed by atoms with Crippen molar-refractivity contribution in [3.63, 3.8) is 0 Å². The van der Waals surface area contributed by atoms with Gasteiger partial charge in [0.15, 0.2) is 5.96 Å². The standard InChI is InChI=1S/C22H35N3O2.HI/c1-5-7-8-15-25(3)21(23-6-2)24-18-22(13-16-27-17-14-22)19-9-11-20(26-4)12-10-19;/h5,9-12H,1,6-8,13-18H2,2-4H3,(H,23,24);1H. The van der Waals surface area contributed by atoms with Crippen LogP contribution in [0.15, 0.2) is 41.9 Å². The highest BCUT2D eigenvalue weighted by Crippen LogP contribution is 2.36. The summed E-state index contributed by atoms with van der Waals surface area (Å²) in [4.78, 5) is 7.24. The van der Waals surface area contributed by atoms with Crippen molar-refractivity contribution in [1.29, 1.82) is 0 Å². The van der Waals surface area contributed by atoms with E-state index in [2.05, 4.69) is 42.9 Å². The van der Waals surface area contributed by atoms with Crippen molar-refractivity contribution in [3.8, 4) is 5.75 Å². The Morgan fingerprint density at radius 3 is 2.57 bits per heavy atom. The topological polar surface area (TPSA) is 46.1 Å². The summed E-state index contributed by atoms with van der Waals surface area (Å²) in [6.07, 6.45) is 6.06. The maximum atomic E-state index is 5.65. The second kappa shape index (κ2) is 13.0. The highest BCUT2D eigenvalue weighted by Gasteiger charge is 2.34. The van der Waals surface area contributed by atoms with Crippen molar-refractivity contribution < 1.29 is 9.47 Å². The van der Waals surface area contributed by atoms with E-state index < -0.39 is 0 Å². The number of unbranched alkanes of at least 4 members (excludes halogenated alkanes) is 1. The first-order valence-corrected chi connectivity index (χ1v) is 9.98. The lowest BCUT2D eigenvalue weighted by atomic mass is 9.74. The summed E-state index contributed by atoms with van der Waals surface area (Å²) < 4.78 is 11.0. The van der Waals surface area contributed by atoms with Gasteiger partial charge in [0, 0.05) is 38.8 Å². The third-order valence-corrected chi connectivity index (χ3v) is 5.28. The number of guanidine groups is 1. The predicted octanol–water partition coefficient (Wildman–Crippen LogP) is 4.22. The molecule has 6 heteroatoms. The third kappa shape index (κ3) is 6.95. The molecule has 0 aromatic heterocycles. The number of ether oxygens (including phenoxy) is 2. The van der Waals surface area contributed by atoms with Crippen molar-refractivity contribution in [3.05, 3.63) is 42.5 Å². The third-order valence-electron chi connectivity index (χ3n) is 5.28. The largest absolute Gasteiger partial charge is 0.497 e. The fourth-order valence-corrected chi connectivity index (χ4v) is 3.52. The van der Waals surface area contributed by atoms with Gasteiger partial charge in [0.1, 0.15) is 5.75 Å². The van der Waals surface area contributed by atoms with Gasteiger partial charge in [-0.15, -0.1) is 30.6 Å². The Balaban J connectivity index is 0.00000392. The van der Waals surface area contributed by atoms with Crippen LogP contribution in [-0.4, -0.2) is 57.9 Å². The van der Waals surface area contributed by atoms with E-state index in [-0.39, 0.29) is 29.4 Å². The van der Waals surface area contributed by atoms with Gasteiger partial charge >= 0.3 is 0 Å². The average Bonchev–Trinajstić information content (AvgIpc) is 2.72. The molecular weight excluding hydrogens is 465 g/mol. The smallest absolute Gasteiger partial charge is 0.193 e. The lowest BCUT2D eigenvalue weighted by molar-refractivity contribution is 0.0530. The second-order valence-electron chi connectivity index (χ2n) is 7.14. The van der Waals surface area contributed by atoms with Crippen molar-refractivity contribution >= 4 is 29.9 Å². The number of aliphatic imine (C=N–C) groups is 1. The number of benzene rings is 1. The van der Waals surface area contributed by atoms with Gasteiger partial charge < -0.3 is 19.7 Å². The van der Waals surface area contributed by atoms with Gasteiger partial charge in [0.2, 0.25) is 0 Å². The number of halogens is 1. The van der Waals surface area contributed by atoms with Crippen LogP contribution in [0.5, 0.6) is 5.75 Å². The number of nitrogens with zero attached hydrogens (tertiary/aromatic N) is 2. The number of allylic oxidation sites excluding steroid dienone is 1. The van der Waals surface area contributed by atoms with E-state index in [1.807, 2.05) is 18.2 Å². The molecule has 0 saturated carbocycles. The van der Waals surface area contributed by atoms with Crippen LogP contribution in [0.4, 0.5) is 0 Å². The minimum atomic E-state index is 0. The lowest BCUT2D eigenvalue weighted by Gasteiger charge is -2.37. The predicted molar refractivity (Wildman–Crippen MR) is 128 cm³/mol. The summed E-state index contributed by atoms with van der Waals surface area (Å²) in [7, 11) is 3.81. The molecule has 1 aliphatic heterocycles. The van der Waals surface area contributed by atoms with Crippen molar-refractivity contribution in [2.24, 2.45) is 4.99 Å². The number of hydrogen-bond donors (Lipinski definition) is 1. The molecule has 1 aromatic rings. The van der Waals surface area contributed by atoms with E-state index in [1.54, 1.807) is 7.11 Å². The zero-order chi connectivity index (χ0) is 19.5. The van der Waals surface area contributed by atoms with E-state index in [9.17, 15) is 0 Å². The van der Waals surface area contributed by atoms with Gasteiger partial charge in [-0.1, -0.05) is 18.2 Å². The highest BCUT2D eigenvalue weighted by atomic mass is 127. The van der Waals surface area contributed by atoms with Crippen molar-refractivity contribution in [2.75, 3.05) is 47.0 Å². The first kappa shape index (κ1) is 24.8. The first-order valence-electron chi connectivity index (χ1n) is 9.98. The molecule has 1 heterocycles. The maximum Gasteiger partial charge on any atom is 0.193 e. The van der Waals surface area contributed by atoms with Gasteiger partial charge in [-0.2, -0.15) is 0 Å². The number of rotatable bonds is 9. The molecular formula is C22H36IN3O2. The van der Waals surface area contributed by atoms with E-state index in [0.717, 1.165) is 70.2 Å². The van der Waals surface area contributed by atoms with E-state index >= 15 is 0 Å². The Bertz CT molecular complexity index is 598. The SMILES string of the molecule is C=CCCCN(C)C(=NCC1(c2ccc(OC)cc2)CCOCC1)NCC.I. The van der Waals surface area contributed by atoms with Crippen LogP contribution in [0.1, 0.15) is 38.2 Å². The van der Waals surface area contributed by atoms with Crippen LogP contribution in [0.3, 0.4) is 0 Å². The van der Waals surface area contributed by atoms with Crippen LogP contribution in [0, 0.1) is 0 Å². The number of methoxy groups -OCH3 is 1. The highest BCUT2D eigenvalue weighted by molar-refractivity contribution is 14.0. The monoisotopic (exact) mass is 501 g/mol. The Labute approximate surface area is 187 Å². The van der Waals surface area contributed by atoms with E-state index in [0.29, 0.717) is 0 Å². The molecule has 0 spiro atoms. The van der Waals surface area contributed by atoms with Gasteiger partial charge in [-0.25, -0.2) is 0 Å². The molecule has 158 valence electrons. The maximum absolute atomic E-state index is 5.65. The Morgan fingerprint density at radius 2 is 2.00 bits per heavy atom. The number of hydrogen-bond acceptors (Lipinski definition) is 3. The van der Waals surface area contributed by atoms with Crippen molar-refractivity contribution in [1.82, 2.24) is 10.2 Å². The Hall–Kier alpha value is -1.28. The summed E-state index contributed by atoms with van der Waals surface area (Å²) in [5, 5.41) is 3.43. The van der Waals surface area contributed by atoms with Gasteiger partial charge in [0.25, 0.3) is 0 Å². The van der Waals surface area contributed by atoms with Crippen LogP contribution in [0.25, 0.3) is 0 Å². The summed E-state index contributed by atoms with van der Waals surface area (Å²) in [5.41, 5.74) is 1.34. The van der Waals surface area contributed by atoms with Crippen LogP contribution < -0.4 is 10.1 Å². The molecule has 0 aliphatic carbocycles. The summed E-state index contributed by atoms with van der Waals surface area (Å²) in [6, 6.07) is 8.45. The van der Waals surface area contributed by atoms with E-state index in [4.69, 9.17) is 14.5 Å². The fraction of sp³-hybridized carbons (Fsp3) is 0.591. The molecule has 0 radical (unpaired) electrons. The summed E-state index contributed by atoms with van der Waals surface area (Å²) in [6.45, 7) is 10.1.